The number of rotatable bonds is 9. The number of anilines is 1. The standard InChI is InChI=1S/C24H30N4O4S2/c1-5-10-17(2)28-23(30)21(16-22(29)25-18-11-7-6-8-12-18)33-24(28)26-19-13-9-14-20(15-19)34(31,32)27(3)4/h6-9,11-15,17,21H,5,10,16H2,1-4H3,(H,25,29)/t17-,21+/m1/s1. The van der Waals surface area contributed by atoms with E-state index in [0.717, 1.165) is 17.1 Å². The van der Waals surface area contributed by atoms with E-state index < -0.39 is 15.3 Å². The van der Waals surface area contributed by atoms with Crippen LogP contribution in [-0.2, 0) is 19.6 Å². The summed E-state index contributed by atoms with van der Waals surface area (Å²) in [5.41, 5.74) is 1.10. The quantitative estimate of drug-likeness (QED) is 0.557. The maximum Gasteiger partial charge on any atom is 0.242 e. The molecule has 1 saturated heterocycles. The number of sulfonamides is 1. The molecular weight excluding hydrogens is 472 g/mol. The first-order valence-electron chi connectivity index (χ1n) is 11.1. The third kappa shape index (κ3) is 6.05. The number of amides is 2. The van der Waals surface area contributed by atoms with Crippen LogP contribution in [0.5, 0.6) is 0 Å². The van der Waals surface area contributed by atoms with E-state index in [2.05, 4.69) is 10.3 Å². The van der Waals surface area contributed by atoms with E-state index in [9.17, 15) is 18.0 Å². The van der Waals surface area contributed by atoms with Crippen LogP contribution in [0.25, 0.3) is 0 Å². The number of carbonyl (C=O) groups is 2. The lowest BCUT2D eigenvalue weighted by atomic mass is 10.1. The molecule has 1 aliphatic heterocycles. The number of nitrogens with zero attached hydrogens (tertiary/aromatic N) is 3. The van der Waals surface area contributed by atoms with Crippen LogP contribution in [0.1, 0.15) is 33.1 Å². The van der Waals surface area contributed by atoms with E-state index in [1.807, 2.05) is 32.0 Å². The molecule has 0 saturated carbocycles. The lowest BCUT2D eigenvalue weighted by molar-refractivity contribution is -0.129. The Morgan fingerprint density at radius 2 is 1.88 bits per heavy atom. The maximum absolute atomic E-state index is 13.3. The average molecular weight is 503 g/mol. The van der Waals surface area contributed by atoms with Crippen molar-refractivity contribution in [1.82, 2.24) is 9.21 Å². The lowest BCUT2D eigenvalue weighted by Crippen LogP contribution is -2.40. The Balaban J connectivity index is 1.87. The molecule has 0 aromatic heterocycles. The molecule has 0 unspecified atom stereocenters. The van der Waals surface area contributed by atoms with Crippen molar-refractivity contribution in [2.24, 2.45) is 4.99 Å². The molecule has 0 spiro atoms. The van der Waals surface area contributed by atoms with E-state index >= 15 is 0 Å². The van der Waals surface area contributed by atoms with Crippen LogP contribution in [0.15, 0.2) is 64.5 Å². The second-order valence-corrected chi connectivity index (χ2v) is 11.6. The SMILES string of the molecule is CCC[C@@H](C)N1C(=O)[C@H](CC(=O)Nc2ccccc2)SC1=Nc1cccc(S(=O)(=O)N(C)C)c1. The van der Waals surface area contributed by atoms with Gasteiger partial charge in [0, 0.05) is 32.2 Å². The van der Waals surface area contributed by atoms with Gasteiger partial charge < -0.3 is 5.32 Å². The average Bonchev–Trinajstić information content (AvgIpc) is 3.09. The predicted molar refractivity (Wildman–Crippen MR) is 137 cm³/mol. The van der Waals surface area contributed by atoms with Gasteiger partial charge in [0.1, 0.15) is 5.25 Å². The third-order valence-corrected chi connectivity index (χ3v) is 8.33. The molecule has 2 aromatic rings. The second kappa shape index (κ2) is 11.2. The Hall–Kier alpha value is -2.69. The summed E-state index contributed by atoms with van der Waals surface area (Å²) < 4.78 is 26.2. The number of amidine groups is 1. The Bertz CT molecular complexity index is 1170. The van der Waals surface area contributed by atoms with Gasteiger partial charge in [-0.05, 0) is 43.7 Å². The van der Waals surface area contributed by atoms with Crippen molar-refractivity contribution in [2.45, 2.75) is 49.3 Å². The molecule has 0 radical (unpaired) electrons. The van der Waals surface area contributed by atoms with Crippen molar-refractivity contribution in [2.75, 3.05) is 19.4 Å². The summed E-state index contributed by atoms with van der Waals surface area (Å²) in [6, 6.07) is 15.3. The fraction of sp³-hybridized carbons (Fsp3) is 0.375. The van der Waals surface area contributed by atoms with Crippen LogP contribution in [0, 0.1) is 0 Å². The fourth-order valence-electron chi connectivity index (χ4n) is 3.58. The minimum atomic E-state index is -3.61. The molecule has 2 aromatic carbocycles. The van der Waals surface area contributed by atoms with Crippen LogP contribution in [0.2, 0.25) is 0 Å². The normalized spacial score (nSPS) is 18.5. The Morgan fingerprint density at radius 3 is 2.53 bits per heavy atom. The monoisotopic (exact) mass is 502 g/mol. The number of benzene rings is 2. The molecule has 34 heavy (non-hydrogen) atoms. The van der Waals surface area contributed by atoms with Gasteiger partial charge in [0.25, 0.3) is 0 Å². The Kier molecular flexibility index (Phi) is 8.51. The lowest BCUT2D eigenvalue weighted by Gasteiger charge is -2.24. The molecule has 182 valence electrons. The number of para-hydroxylation sites is 1. The van der Waals surface area contributed by atoms with Crippen LogP contribution in [-0.4, -0.2) is 60.0 Å². The van der Waals surface area contributed by atoms with E-state index in [1.165, 1.54) is 38.0 Å². The van der Waals surface area contributed by atoms with Crippen molar-refractivity contribution in [3.8, 4) is 0 Å². The van der Waals surface area contributed by atoms with Crippen molar-refractivity contribution in [3.63, 3.8) is 0 Å². The zero-order valence-corrected chi connectivity index (χ0v) is 21.4. The largest absolute Gasteiger partial charge is 0.326 e. The number of thioether (sulfide) groups is 1. The zero-order valence-electron chi connectivity index (χ0n) is 19.8. The predicted octanol–water partition coefficient (Wildman–Crippen LogP) is 4.09. The fourth-order valence-corrected chi connectivity index (χ4v) is 5.77. The van der Waals surface area contributed by atoms with Gasteiger partial charge in [-0.3, -0.25) is 14.5 Å². The molecule has 1 heterocycles. The van der Waals surface area contributed by atoms with Crippen LogP contribution in [0.3, 0.4) is 0 Å². The maximum atomic E-state index is 13.3. The van der Waals surface area contributed by atoms with Crippen molar-refractivity contribution >= 4 is 50.1 Å². The van der Waals surface area contributed by atoms with E-state index in [-0.39, 0.29) is 29.2 Å². The molecule has 1 fully saturated rings. The Morgan fingerprint density at radius 1 is 1.18 bits per heavy atom. The molecule has 3 rings (SSSR count). The second-order valence-electron chi connectivity index (χ2n) is 8.25. The van der Waals surface area contributed by atoms with Gasteiger partial charge >= 0.3 is 0 Å². The summed E-state index contributed by atoms with van der Waals surface area (Å²) in [4.78, 5) is 32.3. The van der Waals surface area contributed by atoms with E-state index in [0.29, 0.717) is 16.5 Å². The van der Waals surface area contributed by atoms with Crippen LogP contribution >= 0.6 is 11.8 Å². The summed E-state index contributed by atoms with van der Waals surface area (Å²) >= 11 is 1.24. The molecule has 1 N–H and O–H groups in total. The highest BCUT2D eigenvalue weighted by molar-refractivity contribution is 8.15. The molecule has 1 aliphatic rings. The first-order valence-corrected chi connectivity index (χ1v) is 13.4. The number of nitrogens with one attached hydrogen (secondary N) is 1. The highest BCUT2D eigenvalue weighted by Gasteiger charge is 2.41. The van der Waals surface area contributed by atoms with Gasteiger partial charge in [-0.2, -0.15) is 0 Å². The van der Waals surface area contributed by atoms with Crippen LogP contribution in [0.4, 0.5) is 11.4 Å². The summed E-state index contributed by atoms with van der Waals surface area (Å²) in [7, 11) is -0.673. The molecule has 0 aliphatic carbocycles. The van der Waals surface area contributed by atoms with Gasteiger partial charge in [0.15, 0.2) is 5.17 Å². The minimum absolute atomic E-state index is 0.0157. The molecule has 2 atom stereocenters. The summed E-state index contributed by atoms with van der Waals surface area (Å²) in [6.07, 6.45) is 1.68. The number of carbonyl (C=O) groups excluding carboxylic acids is 2. The number of aliphatic imine (C=N–C) groups is 1. The molecule has 8 nitrogen and oxygen atoms in total. The van der Waals surface area contributed by atoms with Gasteiger partial charge in [-0.15, -0.1) is 0 Å². The van der Waals surface area contributed by atoms with Gasteiger partial charge in [0.05, 0.1) is 10.6 Å². The highest BCUT2D eigenvalue weighted by Crippen LogP contribution is 2.34. The molecular formula is C24H30N4O4S2. The molecule has 10 heteroatoms. The van der Waals surface area contributed by atoms with E-state index in [4.69, 9.17) is 0 Å². The first kappa shape index (κ1) is 25.9. The first-order chi connectivity index (χ1) is 16.1. The van der Waals surface area contributed by atoms with Gasteiger partial charge in [0.2, 0.25) is 21.8 Å². The number of hydrogen-bond acceptors (Lipinski definition) is 6. The van der Waals surface area contributed by atoms with Crippen molar-refractivity contribution in [3.05, 3.63) is 54.6 Å². The van der Waals surface area contributed by atoms with Crippen molar-refractivity contribution in [1.29, 1.82) is 0 Å². The van der Waals surface area contributed by atoms with E-state index in [1.54, 1.807) is 29.2 Å². The third-order valence-electron chi connectivity index (χ3n) is 5.36. The molecule has 2 amide bonds. The zero-order chi connectivity index (χ0) is 24.9. The molecule has 0 bridgehead atoms. The highest BCUT2D eigenvalue weighted by atomic mass is 32.2. The minimum Gasteiger partial charge on any atom is -0.326 e. The van der Waals surface area contributed by atoms with Gasteiger partial charge in [-0.1, -0.05) is 49.4 Å². The topological polar surface area (TPSA) is 99.1 Å². The summed E-state index contributed by atoms with van der Waals surface area (Å²) in [5, 5.41) is 2.70. The van der Waals surface area contributed by atoms with Crippen LogP contribution < -0.4 is 5.32 Å². The summed E-state index contributed by atoms with van der Waals surface area (Å²) in [5.74, 6) is -0.412. The summed E-state index contributed by atoms with van der Waals surface area (Å²) in [6.45, 7) is 4.00. The van der Waals surface area contributed by atoms with Gasteiger partial charge in [-0.25, -0.2) is 17.7 Å². The smallest absolute Gasteiger partial charge is 0.242 e. The van der Waals surface area contributed by atoms with Crippen molar-refractivity contribution < 1.29 is 18.0 Å². The Labute approximate surface area is 205 Å². The number of hydrogen-bond donors (Lipinski definition) is 1.